The molecule has 4 rings (SSSR count). The quantitative estimate of drug-likeness (QED) is 0.446. The van der Waals surface area contributed by atoms with E-state index in [1.54, 1.807) is 12.1 Å². The van der Waals surface area contributed by atoms with E-state index in [1.807, 2.05) is 30.9 Å². The molecule has 1 saturated heterocycles. The van der Waals surface area contributed by atoms with E-state index in [4.69, 9.17) is 9.47 Å². The molecule has 0 saturated carbocycles. The first-order chi connectivity index (χ1) is 19.7. The van der Waals surface area contributed by atoms with Crippen LogP contribution >= 0.6 is 0 Å². The van der Waals surface area contributed by atoms with Crippen molar-refractivity contribution in [2.45, 2.75) is 58.5 Å². The van der Waals surface area contributed by atoms with Gasteiger partial charge in [-0.1, -0.05) is 32.9 Å². The third kappa shape index (κ3) is 10.3. The SMILES string of the molecule is CCCN1CCCN(C(=O)[C@@H]2Cc3ccc(cc3)OCC(=O)N[C@@H](CC(C)C)C(=O)N(CCOC)CC(=O)N2)CC1. The van der Waals surface area contributed by atoms with Gasteiger partial charge in [-0.05, 0) is 56.0 Å². The van der Waals surface area contributed by atoms with Gasteiger partial charge in [-0.15, -0.1) is 0 Å². The van der Waals surface area contributed by atoms with Crippen LogP contribution in [-0.4, -0.2) is 117 Å². The lowest BCUT2D eigenvalue weighted by molar-refractivity contribution is -0.142. The van der Waals surface area contributed by atoms with Gasteiger partial charge in [0.15, 0.2) is 6.61 Å². The average molecular weight is 574 g/mol. The Labute approximate surface area is 243 Å². The molecule has 4 amide bonds. The number of nitrogens with zero attached hydrogens (tertiary/aromatic N) is 3. The van der Waals surface area contributed by atoms with Gasteiger partial charge in [0.1, 0.15) is 17.8 Å². The van der Waals surface area contributed by atoms with Gasteiger partial charge < -0.3 is 34.8 Å². The molecular weight excluding hydrogens is 526 g/mol. The molecule has 11 heteroatoms. The number of nitrogens with one attached hydrogen (secondary N) is 2. The van der Waals surface area contributed by atoms with Crippen LogP contribution in [0.25, 0.3) is 0 Å². The van der Waals surface area contributed by atoms with Crippen molar-refractivity contribution in [2.24, 2.45) is 5.92 Å². The fourth-order valence-corrected chi connectivity index (χ4v) is 5.29. The maximum Gasteiger partial charge on any atom is 0.258 e. The Morgan fingerprint density at radius 3 is 2.46 bits per heavy atom. The highest BCUT2D eigenvalue weighted by atomic mass is 16.5. The van der Waals surface area contributed by atoms with Gasteiger partial charge in [-0.25, -0.2) is 0 Å². The van der Waals surface area contributed by atoms with Crippen molar-refractivity contribution < 1.29 is 28.7 Å². The van der Waals surface area contributed by atoms with Crippen molar-refractivity contribution in [3.8, 4) is 5.75 Å². The normalized spacial score (nSPS) is 21.8. The number of ether oxygens (including phenoxy) is 2. The van der Waals surface area contributed by atoms with Crippen LogP contribution in [0.15, 0.2) is 24.3 Å². The molecule has 1 aromatic rings. The molecule has 3 aliphatic rings. The number of carbonyl (C=O) groups excluding carboxylic acids is 4. The van der Waals surface area contributed by atoms with Crippen LogP contribution in [0.3, 0.4) is 0 Å². The molecule has 3 aliphatic heterocycles. The lowest BCUT2D eigenvalue weighted by Gasteiger charge is -2.30. The number of rotatable bonds is 8. The molecule has 0 radical (unpaired) electrons. The van der Waals surface area contributed by atoms with Crippen molar-refractivity contribution in [1.82, 2.24) is 25.3 Å². The van der Waals surface area contributed by atoms with Crippen molar-refractivity contribution >= 4 is 23.6 Å². The minimum absolute atomic E-state index is 0.116. The molecule has 41 heavy (non-hydrogen) atoms. The van der Waals surface area contributed by atoms with Crippen LogP contribution in [-0.2, 0) is 30.3 Å². The first kappa shape index (κ1) is 32.3. The number of fused-ring (bicyclic) bond motifs is 13. The summed E-state index contributed by atoms with van der Waals surface area (Å²) in [5.41, 5.74) is 0.847. The highest BCUT2D eigenvalue weighted by molar-refractivity contribution is 5.93. The molecule has 1 aromatic carbocycles. The van der Waals surface area contributed by atoms with Gasteiger partial charge in [0.2, 0.25) is 17.7 Å². The summed E-state index contributed by atoms with van der Waals surface area (Å²) >= 11 is 0. The molecule has 228 valence electrons. The largest absolute Gasteiger partial charge is 0.484 e. The van der Waals surface area contributed by atoms with Gasteiger partial charge in [0, 0.05) is 39.7 Å². The van der Waals surface area contributed by atoms with Gasteiger partial charge in [0.25, 0.3) is 5.91 Å². The zero-order valence-electron chi connectivity index (χ0n) is 25.0. The first-order valence-corrected chi connectivity index (χ1v) is 14.8. The van der Waals surface area contributed by atoms with Crippen molar-refractivity contribution in [3.63, 3.8) is 0 Å². The van der Waals surface area contributed by atoms with E-state index in [1.165, 1.54) is 12.0 Å². The lowest BCUT2D eigenvalue weighted by atomic mass is 10.0. The fraction of sp³-hybridized carbons (Fsp3) is 0.667. The van der Waals surface area contributed by atoms with Crippen LogP contribution in [0, 0.1) is 5.92 Å². The number of hydrogen-bond acceptors (Lipinski definition) is 7. The molecule has 0 aromatic heterocycles. The number of methoxy groups -OCH3 is 1. The Balaban J connectivity index is 1.88. The van der Waals surface area contributed by atoms with Crippen LogP contribution in [0.5, 0.6) is 5.75 Å². The molecule has 2 N–H and O–H groups in total. The number of amides is 4. The molecule has 0 unspecified atom stereocenters. The third-order valence-electron chi connectivity index (χ3n) is 7.36. The molecule has 1 fully saturated rings. The summed E-state index contributed by atoms with van der Waals surface area (Å²) in [6, 6.07) is 5.56. The topological polar surface area (TPSA) is 121 Å². The van der Waals surface area contributed by atoms with E-state index in [9.17, 15) is 19.2 Å². The maximum absolute atomic E-state index is 13.8. The van der Waals surface area contributed by atoms with Crippen LogP contribution < -0.4 is 15.4 Å². The minimum atomic E-state index is -0.827. The summed E-state index contributed by atoms with van der Waals surface area (Å²) in [4.78, 5) is 59.1. The number of carbonyl (C=O) groups is 4. The molecule has 0 spiro atoms. The standard InChI is InChI=1S/C30H47N5O6/c1-5-11-33-12-6-13-34(15-14-33)29(38)26-19-23-7-9-24(10-8-23)41-21-28(37)32-25(18-22(2)3)30(39)35(16-17-40-4)20-27(36)31-26/h7-10,22,25-26H,5-6,11-21H2,1-4H3,(H,31,36)(H,32,37)/t25-,26-/m0/s1. The summed E-state index contributed by atoms with van der Waals surface area (Å²) in [5, 5.41) is 5.72. The number of hydrogen-bond donors (Lipinski definition) is 2. The van der Waals surface area contributed by atoms with E-state index >= 15 is 0 Å². The van der Waals surface area contributed by atoms with Crippen molar-refractivity contribution in [3.05, 3.63) is 29.8 Å². The lowest BCUT2D eigenvalue weighted by Crippen LogP contribution is -2.55. The highest BCUT2D eigenvalue weighted by Crippen LogP contribution is 2.16. The Bertz CT molecular complexity index is 1020. The molecule has 2 bridgehead atoms. The van der Waals surface area contributed by atoms with Crippen LogP contribution in [0.1, 0.15) is 45.6 Å². The predicted molar refractivity (Wildman–Crippen MR) is 155 cm³/mol. The van der Waals surface area contributed by atoms with Crippen molar-refractivity contribution in [2.75, 3.05) is 66.1 Å². The Morgan fingerprint density at radius 1 is 1.02 bits per heavy atom. The maximum atomic E-state index is 13.8. The van der Waals surface area contributed by atoms with Crippen LogP contribution in [0.2, 0.25) is 0 Å². The summed E-state index contributed by atoms with van der Waals surface area (Å²) in [6.07, 6.45) is 2.63. The van der Waals surface area contributed by atoms with E-state index in [-0.39, 0.29) is 44.0 Å². The molecule has 2 atom stereocenters. The Kier molecular flexibility index (Phi) is 12.9. The average Bonchev–Trinajstić information content (AvgIpc) is 3.18. The van der Waals surface area contributed by atoms with E-state index in [2.05, 4.69) is 22.5 Å². The Hall–Kier alpha value is -3.18. The fourth-order valence-electron chi connectivity index (χ4n) is 5.29. The molecule has 0 aliphatic carbocycles. The smallest absolute Gasteiger partial charge is 0.258 e. The van der Waals surface area contributed by atoms with Crippen LogP contribution in [0.4, 0.5) is 0 Å². The van der Waals surface area contributed by atoms with E-state index in [0.29, 0.717) is 31.7 Å². The number of benzene rings is 1. The second kappa shape index (κ2) is 16.3. The highest BCUT2D eigenvalue weighted by Gasteiger charge is 2.31. The summed E-state index contributed by atoms with van der Waals surface area (Å²) < 4.78 is 10.9. The van der Waals surface area contributed by atoms with E-state index in [0.717, 1.165) is 38.0 Å². The molecule has 11 nitrogen and oxygen atoms in total. The van der Waals surface area contributed by atoms with Gasteiger partial charge in [0.05, 0.1) is 13.2 Å². The third-order valence-corrected chi connectivity index (χ3v) is 7.36. The zero-order valence-corrected chi connectivity index (χ0v) is 25.0. The second-order valence-corrected chi connectivity index (χ2v) is 11.3. The molecule has 3 heterocycles. The predicted octanol–water partition coefficient (Wildman–Crippen LogP) is 1.06. The van der Waals surface area contributed by atoms with E-state index < -0.39 is 23.9 Å². The van der Waals surface area contributed by atoms with Crippen molar-refractivity contribution in [1.29, 1.82) is 0 Å². The monoisotopic (exact) mass is 573 g/mol. The minimum Gasteiger partial charge on any atom is -0.484 e. The van der Waals surface area contributed by atoms with Gasteiger partial charge in [-0.3, -0.25) is 19.2 Å². The summed E-state index contributed by atoms with van der Waals surface area (Å²) in [6.45, 7) is 9.95. The molecular formula is C30H47N5O6. The Morgan fingerprint density at radius 2 is 1.78 bits per heavy atom. The second-order valence-electron chi connectivity index (χ2n) is 11.3. The van der Waals surface area contributed by atoms with Gasteiger partial charge >= 0.3 is 0 Å². The summed E-state index contributed by atoms with van der Waals surface area (Å²) in [7, 11) is 1.52. The summed E-state index contributed by atoms with van der Waals surface area (Å²) in [5.74, 6) is -0.738. The zero-order chi connectivity index (χ0) is 29.8. The first-order valence-electron chi connectivity index (χ1n) is 14.8. The van der Waals surface area contributed by atoms with Gasteiger partial charge in [-0.2, -0.15) is 0 Å².